The summed E-state index contributed by atoms with van der Waals surface area (Å²) in [7, 11) is 0. The number of aromatic nitrogens is 2. The summed E-state index contributed by atoms with van der Waals surface area (Å²) in [5.41, 5.74) is 4.48. The lowest BCUT2D eigenvalue weighted by atomic mass is 10.1. The van der Waals surface area contributed by atoms with Crippen LogP contribution in [0, 0.1) is 13.8 Å². The van der Waals surface area contributed by atoms with Crippen molar-refractivity contribution in [3.8, 4) is 0 Å². The van der Waals surface area contributed by atoms with E-state index in [-0.39, 0.29) is 5.91 Å². The maximum atomic E-state index is 12.3. The second kappa shape index (κ2) is 5.60. The molecule has 1 aliphatic heterocycles. The molecule has 1 N–H and O–H groups in total. The van der Waals surface area contributed by atoms with Crippen LogP contribution in [0.4, 0.5) is 5.69 Å². The third kappa shape index (κ3) is 2.63. The van der Waals surface area contributed by atoms with Crippen LogP contribution in [0.2, 0.25) is 0 Å². The Labute approximate surface area is 124 Å². The Morgan fingerprint density at radius 1 is 1.19 bits per heavy atom. The number of hydrogen-bond acceptors (Lipinski definition) is 3. The van der Waals surface area contributed by atoms with Crippen molar-refractivity contribution in [1.29, 1.82) is 0 Å². The lowest BCUT2D eigenvalue weighted by molar-refractivity contribution is 0.0741. The summed E-state index contributed by atoms with van der Waals surface area (Å²) < 4.78 is 0. The quantitative estimate of drug-likeness (QED) is 0.917. The van der Waals surface area contributed by atoms with Crippen molar-refractivity contribution in [2.75, 3.05) is 31.1 Å². The molecule has 2 aromatic rings. The molecule has 110 valence electrons. The number of benzene rings is 1. The van der Waals surface area contributed by atoms with E-state index in [9.17, 15) is 4.79 Å². The third-order valence-electron chi connectivity index (χ3n) is 4.21. The van der Waals surface area contributed by atoms with Gasteiger partial charge in [-0.1, -0.05) is 12.1 Å². The highest BCUT2D eigenvalue weighted by Gasteiger charge is 2.23. The predicted molar refractivity (Wildman–Crippen MR) is 82.6 cm³/mol. The summed E-state index contributed by atoms with van der Waals surface area (Å²) >= 11 is 0. The molecular weight excluding hydrogens is 264 g/mol. The molecule has 0 atom stereocenters. The number of H-pyrrole nitrogens is 1. The van der Waals surface area contributed by atoms with Crippen LogP contribution in [0.1, 0.15) is 21.6 Å². The number of hydrogen-bond donors (Lipinski definition) is 1. The number of carbonyl (C=O) groups is 1. The van der Waals surface area contributed by atoms with E-state index in [4.69, 9.17) is 0 Å². The van der Waals surface area contributed by atoms with E-state index in [0.29, 0.717) is 5.69 Å². The summed E-state index contributed by atoms with van der Waals surface area (Å²) in [6.45, 7) is 7.51. The molecule has 1 aliphatic rings. The van der Waals surface area contributed by atoms with Crippen molar-refractivity contribution in [2.45, 2.75) is 13.8 Å². The smallest absolute Gasteiger partial charge is 0.272 e. The van der Waals surface area contributed by atoms with Crippen LogP contribution in [-0.4, -0.2) is 47.0 Å². The molecule has 3 rings (SSSR count). The van der Waals surface area contributed by atoms with Crippen LogP contribution in [0.3, 0.4) is 0 Å². The van der Waals surface area contributed by atoms with E-state index in [0.717, 1.165) is 26.2 Å². The Morgan fingerprint density at radius 2 is 1.95 bits per heavy atom. The average Bonchev–Trinajstić information content (AvgIpc) is 3.04. The van der Waals surface area contributed by atoms with E-state index in [2.05, 4.69) is 46.9 Å². The van der Waals surface area contributed by atoms with Gasteiger partial charge in [0.2, 0.25) is 0 Å². The van der Waals surface area contributed by atoms with E-state index in [1.807, 2.05) is 4.90 Å². The van der Waals surface area contributed by atoms with Crippen molar-refractivity contribution >= 4 is 11.6 Å². The highest BCUT2D eigenvalue weighted by Crippen LogP contribution is 2.24. The summed E-state index contributed by atoms with van der Waals surface area (Å²) in [6.07, 6.45) is 3.12. The number of aryl methyl sites for hydroxylation is 1. The minimum Gasteiger partial charge on any atom is -0.368 e. The minimum atomic E-state index is 0.0353. The summed E-state index contributed by atoms with van der Waals surface area (Å²) in [6, 6.07) is 6.39. The van der Waals surface area contributed by atoms with Crippen LogP contribution >= 0.6 is 0 Å². The summed E-state index contributed by atoms with van der Waals surface area (Å²) in [4.78, 5) is 23.3. The van der Waals surface area contributed by atoms with Crippen molar-refractivity contribution in [1.82, 2.24) is 14.9 Å². The van der Waals surface area contributed by atoms with Crippen LogP contribution in [0.15, 0.2) is 30.7 Å². The SMILES string of the molecule is Cc1cccc(N2CCN(C(=O)c3cnc[nH]3)CC2)c1C. The van der Waals surface area contributed by atoms with Gasteiger partial charge in [-0.2, -0.15) is 0 Å². The second-order valence-corrected chi connectivity index (χ2v) is 5.46. The van der Waals surface area contributed by atoms with Gasteiger partial charge in [0, 0.05) is 31.9 Å². The molecule has 5 nitrogen and oxygen atoms in total. The highest BCUT2D eigenvalue weighted by molar-refractivity contribution is 5.92. The molecule has 0 bridgehead atoms. The number of amides is 1. The first-order chi connectivity index (χ1) is 10.2. The van der Waals surface area contributed by atoms with Gasteiger partial charge in [-0.05, 0) is 31.0 Å². The lowest BCUT2D eigenvalue weighted by Gasteiger charge is -2.36. The zero-order valence-electron chi connectivity index (χ0n) is 12.5. The molecule has 1 aromatic carbocycles. The number of imidazole rings is 1. The Balaban J connectivity index is 1.68. The number of nitrogens with zero attached hydrogens (tertiary/aromatic N) is 3. The van der Waals surface area contributed by atoms with Crippen molar-refractivity contribution in [2.24, 2.45) is 0 Å². The molecule has 1 saturated heterocycles. The number of aromatic amines is 1. The van der Waals surface area contributed by atoms with Gasteiger partial charge in [-0.15, -0.1) is 0 Å². The second-order valence-electron chi connectivity index (χ2n) is 5.46. The monoisotopic (exact) mass is 284 g/mol. The fourth-order valence-corrected chi connectivity index (χ4v) is 2.77. The summed E-state index contributed by atoms with van der Waals surface area (Å²) in [5.74, 6) is 0.0353. The van der Waals surface area contributed by atoms with Gasteiger partial charge in [-0.3, -0.25) is 4.79 Å². The van der Waals surface area contributed by atoms with Crippen LogP contribution < -0.4 is 4.90 Å². The summed E-state index contributed by atoms with van der Waals surface area (Å²) in [5, 5.41) is 0. The zero-order chi connectivity index (χ0) is 14.8. The van der Waals surface area contributed by atoms with Crippen LogP contribution in [-0.2, 0) is 0 Å². The molecule has 0 saturated carbocycles. The average molecular weight is 284 g/mol. The maximum absolute atomic E-state index is 12.3. The Morgan fingerprint density at radius 3 is 2.62 bits per heavy atom. The Kier molecular flexibility index (Phi) is 3.64. The van der Waals surface area contributed by atoms with Gasteiger partial charge in [-0.25, -0.2) is 4.98 Å². The molecule has 2 heterocycles. The van der Waals surface area contributed by atoms with Gasteiger partial charge in [0.15, 0.2) is 0 Å². The molecule has 0 unspecified atom stereocenters. The van der Waals surface area contributed by atoms with Crippen molar-refractivity contribution in [3.05, 3.63) is 47.5 Å². The molecular formula is C16H20N4O. The molecule has 0 aliphatic carbocycles. The fourth-order valence-electron chi connectivity index (χ4n) is 2.77. The lowest BCUT2D eigenvalue weighted by Crippen LogP contribution is -2.49. The Hall–Kier alpha value is -2.30. The van der Waals surface area contributed by atoms with Crippen LogP contribution in [0.5, 0.6) is 0 Å². The Bertz CT molecular complexity index is 628. The normalized spacial score (nSPS) is 15.3. The molecule has 1 amide bonds. The number of nitrogens with one attached hydrogen (secondary N) is 1. The topological polar surface area (TPSA) is 52.2 Å². The van der Waals surface area contributed by atoms with Gasteiger partial charge in [0.05, 0.1) is 12.5 Å². The molecule has 0 radical (unpaired) electrons. The molecule has 1 fully saturated rings. The maximum Gasteiger partial charge on any atom is 0.272 e. The number of anilines is 1. The van der Waals surface area contributed by atoms with Gasteiger partial charge in [0.25, 0.3) is 5.91 Å². The molecule has 0 spiro atoms. The third-order valence-corrected chi connectivity index (χ3v) is 4.21. The van der Waals surface area contributed by atoms with E-state index < -0.39 is 0 Å². The van der Waals surface area contributed by atoms with Crippen molar-refractivity contribution < 1.29 is 4.79 Å². The first kappa shape index (κ1) is 13.7. The van der Waals surface area contributed by atoms with E-state index in [1.54, 1.807) is 12.5 Å². The first-order valence-corrected chi connectivity index (χ1v) is 7.25. The number of piperazine rings is 1. The van der Waals surface area contributed by atoms with Crippen molar-refractivity contribution in [3.63, 3.8) is 0 Å². The molecule has 5 heteroatoms. The fraction of sp³-hybridized carbons (Fsp3) is 0.375. The van der Waals surface area contributed by atoms with E-state index in [1.165, 1.54) is 16.8 Å². The molecule has 21 heavy (non-hydrogen) atoms. The zero-order valence-corrected chi connectivity index (χ0v) is 12.5. The standard InChI is InChI=1S/C16H20N4O/c1-12-4-3-5-15(13(12)2)19-6-8-20(9-7-19)16(21)14-10-17-11-18-14/h3-5,10-11H,6-9H2,1-2H3,(H,17,18). The molecule has 1 aromatic heterocycles. The highest BCUT2D eigenvalue weighted by atomic mass is 16.2. The number of carbonyl (C=O) groups excluding carboxylic acids is 1. The largest absolute Gasteiger partial charge is 0.368 e. The van der Waals surface area contributed by atoms with Crippen LogP contribution in [0.25, 0.3) is 0 Å². The minimum absolute atomic E-state index is 0.0353. The first-order valence-electron chi connectivity index (χ1n) is 7.25. The van der Waals surface area contributed by atoms with Gasteiger partial charge < -0.3 is 14.8 Å². The number of rotatable bonds is 2. The van der Waals surface area contributed by atoms with Gasteiger partial charge in [0.1, 0.15) is 5.69 Å². The predicted octanol–water partition coefficient (Wildman–Crippen LogP) is 1.99. The van der Waals surface area contributed by atoms with E-state index >= 15 is 0 Å². The van der Waals surface area contributed by atoms with Gasteiger partial charge >= 0.3 is 0 Å².